The van der Waals surface area contributed by atoms with E-state index in [1.807, 2.05) is 0 Å². The average Bonchev–Trinajstić information content (AvgIpc) is 2.17. The van der Waals surface area contributed by atoms with Crippen molar-refractivity contribution in [2.45, 2.75) is 26.3 Å². The molecule has 0 heterocycles. The quantitative estimate of drug-likeness (QED) is 0.799. The first kappa shape index (κ1) is 13.4. The van der Waals surface area contributed by atoms with Gasteiger partial charge >= 0.3 is 6.36 Å². The minimum atomic E-state index is -4.73. The molecule has 5 heteroatoms. The van der Waals surface area contributed by atoms with Crippen molar-refractivity contribution in [1.82, 2.24) is 0 Å². The van der Waals surface area contributed by atoms with Gasteiger partial charge in [-0.3, -0.25) is 0 Å². The van der Waals surface area contributed by atoms with Crippen molar-refractivity contribution in [1.29, 1.82) is 0 Å². The molecule has 0 aliphatic heterocycles. The highest BCUT2D eigenvalue weighted by Crippen LogP contribution is 2.33. The molecule has 0 aliphatic rings. The summed E-state index contributed by atoms with van der Waals surface area (Å²) < 4.78 is 45.6. The average molecular weight is 246 g/mol. The Bertz CT molecular complexity index is 397. The maximum Gasteiger partial charge on any atom is 0.573 e. The van der Waals surface area contributed by atoms with Gasteiger partial charge in [-0.25, -0.2) is 0 Å². The monoisotopic (exact) mass is 246 g/mol. The summed E-state index contributed by atoms with van der Waals surface area (Å²) in [6.07, 6.45) is -3.46. The van der Waals surface area contributed by atoms with Crippen LogP contribution in [-0.2, 0) is 0 Å². The molecule has 2 nitrogen and oxygen atoms in total. The van der Waals surface area contributed by atoms with Gasteiger partial charge in [-0.15, -0.1) is 13.2 Å². The van der Waals surface area contributed by atoms with Crippen LogP contribution >= 0.6 is 0 Å². The molecule has 94 valence electrons. The molecule has 17 heavy (non-hydrogen) atoms. The van der Waals surface area contributed by atoms with Gasteiger partial charge in [0, 0.05) is 0 Å². The molecule has 0 saturated heterocycles. The lowest BCUT2D eigenvalue weighted by Crippen LogP contribution is -2.18. The number of hydrogen-bond acceptors (Lipinski definition) is 2. The van der Waals surface area contributed by atoms with Gasteiger partial charge in [-0.2, -0.15) is 0 Å². The van der Waals surface area contributed by atoms with Crippen molar-refractivity contribution in [3.8, 4) is 11.5 Å². The van der Waals surface area contributed by atoms with Crippen molar-refractivity contribution in [2.24, 2.45) is 0 Å². The number of alkyl halides is 3. The van der Waals surface area contributed by atoms with Crippen molar-refractivity contribution in [3.63, 3.8) is 0 Å². The molecule has 0 fully saturated rings. The van der Waals surface area contributed by atoms with Crippen LogP contribution in [0.15, 0.2) is 24.8 Å². The van der Waals surface area contributed by atoms with E-state index in [0.29, 0.717) is 5.56 Å². The van der Waals surface area contributed by atoms with Gasteiger partial charge in [0.05, 0.1) is 6.10 Å². The molecule has 0 bridgehead atoms. The maximum atomic E-state index is 12.1. The molecular formula is C12H13F3O2. The lowest BCUT2D eigenvalue weighted by molar-refractivity contribution is -0.275. The Kier molecular flexibility index (Phi) is 4.04. The molecule has 0 aromatic heterocycles. The Morgan fingerprint density at radius 3 is 2.35 bits per heavy atom. The summed E-state index contributed by atoms with van der Waals surface area (Å²) in [4.78, 5) is 0. The van der Waals surface area contributed by atoms with Crippen LogP contribution in [0.2, 0.25) is 0 Å². The van der Waals surface area contributed by atoms with E-state index >= 15 is 0 Å². The largest absolute Gasteiger partial charge is 0.573 e. The molecule has 1 rings (SSSR count). The third-order valence-electron chi connectivity index (χ3n) is 1.79. The molecule has 0 N–H and O–H groups in total. The summed E-state index contributed by atoms with van der Waals surface area (Å²) in [6.45, 7) is 6.98. The Balaban J connectivity index is 3.06. The second kappa shape index (κ2) is 5.12. The van der Waals surface area contributed by atoms with Crippen molar-refractivity contribution in [2.75, 3.05) is 0 Å². The highest BCUT2D eigenvalue weighted by atomic mass is 19.4. The molecule has 1 aromatic carbocycles. The zero-order valence-electron chi connectivity index (χ0n) is 9.54. The first-order chi connectivity index (χ1) is 7.81. The number of rotatable bonds is 4. The second-order valence-corrected chi connectivity index (χ2v) is 3.62. The fourth-order valence-electron chi connectivity index (χ4n) is 1.21. The third kappa shape index (κ3) is 4.38. The molecule has 0 atom stereocenters. The summed E-state index contributed by atoms with van der Waals surface area (Å²) >= 11 is 0. The predicted octanol–water partition coefficient (Wildman–Crippen LogP) is 4.02. The Labute approximate surface area is 97.7 Å². The molecular weight excluding hydrogens is 233 g/mol. The summed E-state index contributed by atoms with van der Waals surface area (Å²) in [5.41, 5.74) is 0.662. The van der Waals surface area contributed by atoms with Crippen LogP contribution in [0.25, 0.3) is 6.08 Å². The van der Waals surface area contributed by atoms with Crippen LogP contribution in [0.1, 0.15) is 19.4 Å². The van der Waals surface area contributed by atoms with Gasteiger partial charge in [-0.05, 0) is 31.5 Å². The highest BCUT2D eigenvalue weighted by Gasteiger charge is 2.32. The highest BCUT2D eigenvalue weighted by molar-refractivity contribution is 5.54. The van der Waals surface area contributed by atoms with Crippen LogP contribution in [-0.4, -0.2) is 12.5 Å². The molecule has 0 radical (unpaired) electrons. The Hall–Kier alpha value is -1.65. The van der Waals surface area contributed by atoms with Crippen LogP contribution in [0.4, 0.5) is 13.2 Å². The van der Waals surface area contributed by atoms with E-state index in [2.05, 4.69) is 11.3 Å². The van der Waals surface area contributed by atoms with E-state index < -0.39 is 6.36 Å². The topological polar surface area (TPSA) is 18.5 Å². The second-order valence-electron chi connectivity index (χ2n) is 3.62. The van der Waals surface area contributed by atoms with Gasteiger partial charge < -0.3 is 9.47 Å². The lowest BCUT2D eigenvalue weighted by atomic mass is 10.2. The van der Waals surface area contributed by atoms with Gasteiger partial charge in [0.25, 0.3) is 0 Å². The van der Waals surface area contributed by atoms with Gasteiger partial charge in [0.2, 0.25) is 0 Å². The zero-order chi connectivity index (χ0) is 13.1. The number of benzene rings is 1. The fraction of sp³-hybridized carbons (Fsp3) is 0.333. The number of ether oxygens (including phenoxy) is 2. The summed E-state index contributed by atoms with van der Waals surface area (Å²) in [5.74, 6) is -0.300. The molecule has 0 unspecified atom stereocenters. The molecule has 0 saturated carbocycles. The van der Waals surface area contributed by atoms with E-state index in [9.17, 15) is 13.2 Å². The molecule has 0 amide bonds. The van der Waals surface area contributed by atoms with Crippen molar-refractivity contribution < 1.29 is 22.6 Å². The van der Waals surface area contributed by atoms with E-state index in [4.69, 9.17) is 4.74 Å². The van der Waals surface area contributed by atoms with Crippen LogP contribution < -0.4 is 9.47 Å². The first-order valence-electron chi connectivity index (χ1n) is 5.00. The van der Waals surface area contributed by atoms with Crippen molar-refractivity contribution in [3.05, 3.63) is 30.3 Å². The van der Waals surface area contributed by atoms with Crippen LogP contribution in [0.5, 0.6) is 11.5 Å². The fourth-order valence-corrected chi connectivity index (χ4v) is 1.21. The predicted molar refractivity (Wildman–Crippen MR) is 59.0 cm³/mol. The van der Waals surface area contributed by atoms with E-state index in [-0.39, 0.29) is 17.6 Å². The smallest absolute Gasteiger partial charge is 0.487 e. The minimum Gasteiger partial charge on any atom is -0.487 e. The van der Waals surface area contributed by atoms with Gasteiger partial charge in [-0.1, -0.05) is 18.7 Å². The normalized spacial score (nSPS) is 11.4. The first-order valence-corrected chi connectivity index (χ1v) is 5.00. The van der Waals surface area contributed by atoms with Crippen LogP contribution in [0, 0.1) is 0 Å². The van der Waals surface area contributed by atoms with E-state index in [1.54, 1.807) is 13.8 Å². The molecule has 0 spiro atoms. The maximum absolute atomic E-state index is 12.1. The van der Waals surface area contributed by atoms with E-state index in [1.165, 1.54) is 24.3 Å². The molecule has 0 aliphatic carbocycles. The third-order valence-corrected chi connectivity index (χ3v) is 1.79. The van der Waals surface area contributed by atoms with Crippen LogP contribution in [0.3, 0.4) is 0 Å². The lowest BCUT2D eigenvalue weighted by Gasteiger charge is -2.16. The Morgan fingerprint density at radius 1 is 1.24 bits per heavy atom. The minimum absolute atomic E-state index is 0.0507. The van der Waals surface area contributed by atoms with Crippen molar-refractivity contribution >= 4 is 6.08 Å². The van der Waals surface area contributed by atoms with E-state index in [0.717, 1.165) is 0 Å². The zero-order valence-corrected chi connectivity index (χ0v) is 9.54. The standard InChI is InChI=1S/C12H13F3O2/c1-4-9-5-6-10(17-12(13,14)15)11(7-9)16-8(2)3/h4-8H,1H2,2-3H3. The molecule has 1 aromatic rings. The van der Waals surface area contributed by atoms with Gasteiger partial charge in [0.15, 0.2) is 11.5 Å². The Morgan fingerprint density at radius 2 is 1.88 bits per heavy atom. The SMILES string of the molecule is C=Cc1ccc(OC(F)(F)F)c(OC(C)C)c1. The summed E-state index contributed by atoms with van der Waals surface area (Å²) in [7, 11) is 0. The van der Waals surface area contributed by atoms with Gasteiger partial charge in [0.1, 0.15) is 0 Å². The summed E-state index contributed by atoms with van der Waals surface area (Å²) in [6, 6.07) is 4.14. The number of halogens is 3. The number of hydrogen-bond donors (Lipinski definition) is 0. The summed E-state index contributed by atoms with van der Waals surface area (Å²) in [5, 5.41) is 0.